The van der Waals surface area contributed by atoms with E-state index >= 15 is 0 Å². The molecule has 1 heterocycles. The van der Waals surface area contributed by atoms with Crippen molar-refractivity contribution in [1.29, 1.82) is 0 Å². The molecule has 1 amide bonds. The number of methoxy groups -OCH3 is 1. The molecule has 4 nitrogen and oxygen atoms in total. The Morgan fingerprint density at radius 2 is 2.33 bits per heavy atom. The Labute approximate surface area is 76.5 Å². The summed E-state index contributed by atoms with van der Waals surface area (Å²) in [5.41, 5.74) is 0.637. The molecule has 0 bridgehead atoms. The summed E-state index contributed by atoms with van der Waals surface area (Å²) in [7, 11) is 1.34. The standard InChI is InChI=1S/C7H9NO3Se/c1-4-6(7(10)11-2)12-3-5(9)8-4/h3H2,1-2H3,(H,8,9). The predicted octanol–water partition coefficient (Wildman–Crippen LogP) is -0.357. The van der Waals surface area contributed by atoms with Crippen LogP contribution in [0.5, 0.6) is 0 Å². The average molecular weight is 234 g/mol. The van der Waals surface area contributed by atoms with Crippen LogP contribution in [0.2, 0.25) is 5.32 Å². The molecule has 1 aliphatic heterocycles. The number of allylic oxidation sites excluding steroid dienone is 1. The number of amides is 1. The van der Waals surface area contributed by atoms with Gasteiger partial charge >= 0.3 is 76.0 Å². The summed E-state index contributed by atoms with van der Waals surface area (Å²) < 4.78 is 5.19. The summed E-state index contributed by atoms with van der Waals surface area (Å²) in [6, 6.07) is 0. The third kappa shape index (κ3) is 1.87. The number of carbonyl (C=O) groups is 2. The summed E-state index contributed by atoms with van der Waals surface area (Å²) in [4.78, 5) is 21.9. The second-order valence-electron chi connectivity index (χ2n) is 2.28. The molecule has 1 N–H and O–H groups in total. The SMILES string of the molecule is COC(=O)C1=C(C)NC(=O)C[Se]1. The van der Waals surface area contributed by atoms with Gasteiger partial charge in [0.15, 0.2) is 0 Å². The average Bonchev–Trinajstić information content (AvgIpc) is 2.03. The predicted molar refractivity (Wildman–Crippen MR) is 43.4 cm³/mol. The first kappa shape index (κ1) is 9.29. The Bertz CT molecular complexity index is 259. The van der Waals surface area contributed by atoms with Gasteiger partial charge in [-0.2, -0.15) is 0 Å². The Morgan fingerprint density at radius 1 is 1.67 bits per heavy atom. The second kappa shape index (κ2) is 3.74. The zero-order chi connectivity index (χ0) is 9.14. The normalized spacial score (nSPS) is 17.3. The van der Waals surface area contributed by atoms with Gasteiger partial charge in [0.2, 0.25) is 0 Å². The Balaban J connectivity index is 2.82. The van der Waals surface area contributed by atoms with Crippen molar-refractivity contribution in [1.82, 2.24) is 5.32 Å². The third-order valence-corrected chi connectivity index (χ3v) is 3.84. The van der Waals surface area contributed by atoms with E-state index in [1.807, 2.05) is 0 Å². The van der Waals surface area contributed by atoms with Crippen LogP contribution in [0.3, 0.4) is 0 Å². The van der Waals surface area contributed by atoms with Gasteiger partial charge in [-0.15, -0.1) is 0 Å². The van der Waals surface area contributed by atoms with E-state index in [1.54, 1.807) is 6.92 Å². The van der Waals surface area contributed by atoms with Gasteiger partial charge in [0, 0.05) is 0 Å². The van der Waals surface area contributed by atoms with Crippen molar-refractivity contribution < 1.29 is 14.3 Å². The maximum atomic E-state index is 11.1. The topological polar surface area (TPSA) is 55.4 Å². The van der Waals surface area contributed by atoms with Crippen LogP contribution in [-0.4, -0.2) is 33.9 Å². The van der Waals surface area contributed by atoms with Gasteiger partial charge in [-0.1, -0.05) is 0 Å². The monoisotopic (exact) mass is 235 g/mol. The van der Waals surface area contributed by atoms with Gasteiger partial charge in [-0.3, -0.25) is 0 Å². The second-order valence-corrected chi connectivity index (χ2v) is 4.35. The van der Waals surface area contributed by atoms with E-state index in [0.29, 0.717) is 15.5 Å². The third-order valence-electron chi connectivity index (χ3n) is 1.39. The van der Waals surface area contributed by atoms with Gasteiger partial charge in [0.1, 0.15) is 0 Å². The summed E-state index contributed by atoms with van der Waals surface area (Å²) in [6.07, 6.45) is 0. The van der Waals surface area contributed by atoms with Crippen LogP contribution in [0.15, 0.2) is 10.2 Å². The van der Waals surface area contributed by atoms with E-state index in [1.165, 1.54) is 7.11 Å². The molecule has 0 aromatic rings. The van der Waals surface area contributed by atoms with Crippen molar-refractivity contribution in [2.45, 2.75) is 12.2 Å². The van der Waals surface area contributed by atoms with Crippen LogP contribution >= 0.6 is 0 Å². The van der Waals surface area contributed by atoms with Crippen molar-refractivity contribution in [3.8, 4) is 0 Å². The molecule has 0 atom stereocenters. The van der Waals surface area contributed by atoms with Crippen molar-refractivity contribution in [2.24, 2.45) is 0 Å². The van der Waals surface area contributed by atoms with Crippen LogP contribution < -0.4 is 5.32 Å². The number of hydrogen-bond acceptors (Lipinski definition) is 3. The van der Waals surface area contributed by atoms with Gasteiger partial charge in [0.05, 0.1) is 0 Å². The quantitative estimate of drug-likeness (QED) is 0.498. The maximum absolute atomic E-state index is 11.1. The number of hydrogen-bond donors (Lipinski definition) is 1. The molecule has 5 heteroatoms. The molecule has 12 heavy (non-hydrogen) atoms. The van der Waals surface area contributed by atoms with Crippen molar-refractivity contribution in [2.75, 3.05) is 7.11 Å². The van der Waals surface area contributed by atoms with Gasteiger partial charge in [-0.25, -0.2) is 0 Å². The minimum atomic E-state index is -0.326. The molecule has 66 valence electrons. The van der Waals surface area contributed by atoms with Gasteiger partial charge in [0.25, 0.3) is 0 Å². The van der Waals surface area contributed by atoms with Gasteiger partial charge < -0.3 is 0 Å². The van der Waals surface area contributed by atoms with E-state index < -0.39 is 0 Å². The van der Waals surface area contributed by atoms with E-state index in [9.17, 15) is 9.59 Å². The molecule has 0 saturated heterocycles. The van der Waals surface area contributed by atoms with Gasteiger partial charge in [-0.05, 0) is 0 Å². The van der Waals surface area contributed by atoms with Crippen molar-refractivity contribution in [3.63, 3.8) is 0 Å². The first-order chi connectivity index (χ1) is 5.65. The first-order valence-corrected chi connectivity index (χ1v) is 5.43. The minimum absolute atomic E-state index is 0.0137. The fourth-order valence-corrected chi connectivity index (χ4v) is 2.57. The number of nitrogens with one attached hydrogen (secondary N) is 1. The number of esters is 1. The van der Waals surface area contributed by atoms with E-state index in [-0.39, 0.29) is 26.8 Å². The van der Waals surface area contributed by atoms with Crippen LogP contribution in [0, 0.1) is 0 Å². The Hall–Kier alpha value is -0.801. The van der Waals surface area contributed by atoms with E-state index in [2.05, 4.69) is 10.1 Å². The summed E-state index contributed by atoms with van der Waals surface area (Å²) in [5, 5.41) is 3.03. The summed E-state index contributed by atoms with van der Waals surface area (Å²) in [6.45, 7) is 1.71. The molecule has 1 rings (SSSR count). The number of ether oxygens (including phenoxy) is 1. The number of rotatable bonds is 1. The molecule has 0 saturated carbocycles. The van der Waals surface area contributed by atoms with Crippen LogP contribution in [0.1, 0.15) is 6.92 Å². The van der Waals surface area contributed by atoms with E-state index in [4.69, 9.17) is 0 Å². The number of carbonyl (C=O) groups excluding carboxylic acids is 2. The fraction of sp³-hybridized carbons (Fsp3) is 0.429. The molecule has 0 radical (unpaired) electrons. The van der Waals surface area contributed by atoms with Crippen molar-refractivity contribution in [3.05, 3.63) is 10.2 Å². The Morgan fingerprint density at radius 3 is 2.83 bits per heavy atom. The van der Waals surface area contributed by atoms with Crippen molar-refractivity contribution >= 4 is 26.8 Å². The van der Waals surface area contributed by atoms with Crippen LogP contribution in [0.4, 0.5) is 0 Å². The summed E-state index contributed by atoms with van der Waals surface area (Å²) >= 11 is -0.0699. The summed E-state index contributed by atoms with van der Waals surface area (Å²) in [5.74, 6) is -0.340. The Kier molecular flexibility index (Phi) is 2.89. The molecular formula is C7H9NO3Se. The molecular weight excluding hydrogens is 225 g/mol. The molecule has 0 fully saturated rings. The first-order valence-electron chi connectivity index (χ1n) is 3.37. The molecule has 0 aromatic carbocycles. The molecule has 0 aliphatic carbocycles. The zero-order valence-electron chi connectivity index (χ0n) is 6.84. The van der Waals surface area contributed by atoms with E-state index in [0.717, 1.165) is 0 Å². The fourth-order valence-electron chi connectivity index (χ4n) is 0.853. The molecule has 1 aliphatic rings. The zero-order valence-corrected chi connectivity index (χ0v) is 8.55. The molecule has 0 unspecified atom stereocenters. The molecule has 0 aromatic heterocycles. The molecule has 0 spiro atoms. The van der Waals surface area contributed by atoms with Crippen LogP contribution in [-0.2, 0) is 14.3 Å². The van der Waals surface area contributed by atoms with Crippen LogP contribution in [0.25, 0.3) is 0 Å².